The van der Waals surface area contributed by atoms with Gasteiger partial charge < -0.3 is 5.73 Å². The van der Waals surface area contributed by atoms with Crippen LogP contribution in [0.25, 0.3) is 10.9 Å². The highest BCUT2D eigenvalue weighted by atomic mass is 15.3. The number of aromatic nitrogens is 2. The first kappa shape index (κ1) is 14.5. The number of para-hydroxylation sites is 1. The Morgan fingerprint density at radius 2 is 2.14 bits per heavy atom. The lowest BCUT2D eigenvalue weighted by atomic mass is 9.91. The van der Waals surface area contributed by atoms with Crippen molar-refractivity contribution < 1.29 is 0 Å². The quantitative estimate of drug-likeness (QED) is 0.851. The molecule has 2 aromatic rings. The van der Waals surface area contributed by atoms with Crippen molar-refractivity contribution in [2.45, 2.75) is 51.7 Å². The van der Waals surface area contributed by atoms with Crippen molar-refractivity contribution in [1.82, 2.24) is 14.7 Å². The Morgan fingerprint density at radius 3 is 2.81 bits per heavy atom. The summed E-state index contributed by atoms with van der Waals surface area (Å²) in [4.78, 5) is 2.59. The molecular formula is C17H26N4. The predicted molar refractivity (Wildman–Crippen MR) is 87.1 cm³/mol. The van der Waals surface area contributed by atoms with Gasteiger partial charge in [-0.15, -0.1) is 0 Å². The number of rotatable bonds is 7. The lowest BCUT2D eigenvalue weighted by Crippen LogP contribution is -2.40. The third-order valence-corrected chi connectivity index (χ3v) is 4.63. The number of aryl methyl sites for hydroxylation is 1. The molecule has 4 nitrogen and oxygen atoms in total. The Hall–Kier alpha value is -1.39. The molecule has 1 saturated carbocycles. The summed E-state index contributed by atoms with van der Waals surface area (Å²) in [6.07, 6.45) is 5.10. The third kappa shape index (κ3) is 2.97. The maximum absolute atomic E-state index is 5.70. The monoisotopic (exact) mass is 286 g/mol. The van der Waals surface area contributed by atoms with E-state index in [-0.39, 0.29) is 0 Å². The van der Waals surface area contributed by atoms with E-state index in [2.05, 4.69) is 40.8 Å². The Kier molecular flexibility index (Phi) is 4.56. The molecule has 0 saturated heterocycles. The van der Waals surface area contributed by atoms with Crippen molar-refractivity contribution in [2.75, 3.05) is 13.1 Å². The zero-order chi connectivity index (χ0) is 14.7. The number of fused-ring (bicyclic) bond motifs is 1. The fraction of sp³-hybridized carbons (Fsp3) is 0.588. The first-order valence-electron chi connectivity index (χ1n) is 8.22. The molecule has 0 bridgehead atoms. The summed E-state index contributed by atoms with van der Waals surface area (Å²) in [7, 11) is 0. The van der Waals surface area contributed by atoms with Gasteiger partial charge in [-0.25, -0.2) is 0 Å². The smallest absolute Gasteiger partial charge is 0.0843 e. The molecule has 1 aromatic carbocycles. The van der Waals surface area contributed by atoms with Gasteiger partial charge in [0, 0.05) is 31.1 Å². The second-order valence-corrected chi connectivity index (χ2v) is 5.98. The number of hydrogen-bond donors (Lipinski definition) is 1. The molecule has 0 radical (unpaired) electrons. The van der Waals surface area contributed by atoms with Gasteiger partial charge in [0.25, 0.3) is 0 Å². The molecule has 1 aliphatic rings. The Balaban J connectivity index is 1.84. The highest BCUT2D eigenvalue weighted by molar-refractivity contribution is 5.81. The average molecular weight is 286 g/mol. The zero-order valence-corrected chi connectivity index (χ0v) is 13.0. The fourth-order valence-electron chi connectivity index (χ4n) is 3.18. The van der Waals surface area contributed by atoms with Gasteiger partial charge in [0.15, 0.2) is 0 Å². The van der Waals surface area contributed by atoms with Crippen LogP contribution in [0.1, 0.15) is 38.3 Å². The molecule has 3 rings (SSSR count). The topological polar surface area (TPSA) is 47.1 Å². The van der Waals surface area contributed by atoms with Crippen molar-refractivity contribution >= 4 is 10.9 Å². The first-order valence-corrected chi connectivity index (χ1v) is 8.22. The second-order valence-electron chi connectivity index (χ2n) is 5.98. The second kappa shape index (κ2) is 6.58. The molecule has 114 valence electrons. The van der Waals surface area contributed by atoms with Crippen LogP contribution < -0.4 is 5.73 Å². The van der Waals surface area contributed by atoms with Gasteiger partial charge in [-0.3, -0.25) is 9.58 Å². The van der Waals surface area contributed by atoms with E-state index in [1.165, 1.54) is 35.9 Å². The van der Waals surface area contributed by atoms with Crippen LogP contribution in [-0.4, -0.2) is 33.8 Å². The van der Waals surface area contributed by atoms with Crippen LogP contribution in [0.2, 0.25) is 0 Å². The van der Waals surface area contributed by atoms with E-state index in [1.54, 1.807) is 0 Å². The first-order chi connectivity index (χ1) is 10.3. The lowest BCUT2D eigenvalue weighted by Gasteiger charge is -2.37. The number of nitrogens with zero attached hydrogens (tertiary/aromatic N) is 3. The summed E-state index contributed by atoms with van der Waals surface area (Å²) in [6.45, 7) is 5.90. The van der Waals surface area contributed by atoms with Crippen molar-refractivity contribution in [2.24, 2.45) is 5.73 Å². The zero-order valence-electron chi connectivity index (χ0n) is 13.0. The summed E-state index contributed by atoms with van der Waals surface area (Å²) in [5.74, 6) is 0. The normalized spacial score (nSPS) is 15.8. The predicted octanol–water partition coefficient (Wildman–Crippen LogP) is 2.76. The van der Waals surface area contributed by atoms with Crippen LogP contribution in [0.3, 0.4) is 0 Å². The summed E-state index contributed by atoms with van der Waals surface area (Å²) < 4.78 is 2.12. The third-order valence-electron chi connectivity index (χ3n) is 4.63. The molecular weight excluding hydrogens is 260 g/mol. The molecule has 0 unspecified atom stereocenters. The van der Waals surface area contributed by atoms with Crippen LogP contribution in [0.5, 0.6) is 0 Å². The van der Waals surface area contributed by atoms with Crippen molar-refractivity contribution in [3.63, 3.8) is 0 Å². The molecule has 2 N–H and O–H groups in total. The highest BCUT2D eigenvalue weighted by Gasteiger charge is 2.25. The van der Waals surface area contributed by atoms with Gasteiger partial charge in [0.05, 0.1) is 11.2 Å². The molecule has 1 aliphatic carbocycles. The largest absolute Gasteiger partial charge is 0.330 e. The van der Waals surface area contributed by atoms with E-state index in [1.807, 2.05) is 0 Å². The Bertz CT molecular complexity index is 585. The molecule has 4 heteroatoms. The number of hydrogen-bond acceptors (Lipinski definition) is 3. The average Bonchev–Trinajstić information content (AvgIpc) is 2.81. The summed E-state index contributed by atoms with van der Waals surface area (Å²) >= 11 is 0. The molecule has 1 fully saturated rings. The number of benzene rings is 1. The van der Waals surface area contributed by atoms with Gasteiger partial charge in [0.2, 0.25) is 0 Å². The van der Waals surface area contributed by atoms with Crippen molar-refractivity contribution in [3.8, 4) is 0 Å². The van der Waals surface area contributed by atoms with Gasteiger partial charge in [-0.1, -0.05) is 24.6 Å². The van der Waals surface area contributed by atoms with Gasteiger partial charge in [-0.2, -0.15) is 5.10 Å². The van der Waals surface area contributed by atoms with Crippen LogP contribution in [0.4, 0.5) is 0 Å². The molecule has 0 spiro atoms. The van der Waals surface area contributed by atoms with Crippen LogP contribution in [0, 0.1) is 0 Å². The van der Waals surface area contributed by atoms with Crippen molar-refractivity contribution in [3.05, 3.63) is 30.0 Å². The van der Waals surface area contributed by atoms with Gasteiger partial charge >= 0.3 is 0 Å². The minimum Gasteiger partial charge on any atom is -0.330 e. The standard InChI is InChI=1S/C17H26N4/c1-2-21-17-10-4-3-9-15(17)16(19-21)13-20(12-6-11-18)14-7-5-8-14/h3-4,9-10,14H,2,5-8,11-13,18H2,1H3. The minimum absolute atomic E-state index is 0.738. The summed E-state index contributed by atoms with van der Waals surface area (Å²) in [6, 6.07) is 9.32. The SMILES string of the molecule is CCn1nc(CN(CCCN)C2CCC2)c2ccccc21. The molecule has 1 heterocycles. The maximum Gasteiger partial charge on any atom is 0.0843 e. The fourth-order valence-corrected chi connectivity index (χ4v) is 3.18. The Labute approximate surface area is 126 Å². The van der Waals surface area contributed by atoms with E-state index >= 15 is 0 Å². The van der Waals surface area contributed by atoms with Gasteiger partial charge in [-0.05, 0) is 38.8 Å². The van der Waals surface area contributed by atoms with Crippen LogP contribution in [-0.2, 0) is 13.1 Å². The van der Waals surface area contributed by atoms with E-state index in [9.17, 15) is 0 Å². The molecule has 0 atom stereocenters. The molecule has 21 heavy (non-hydrogen) atoms. The van der Waals surface area contributed by atoms with E-state index in [0.717, 1.165) is 38.6 Å². The molecule has 0 aliphatic heterocycles. The van der Waals surface area contributed by atoms with E-state index in [4.69, 9.17) is 10.8 Å². The van der Waals surface area contributed by atoms with Crippen LogP contribution in [0.15, 0.2) is 24.3 Å². The van der Waals surface area contributed by atoms with Crippen molar-refractivity contribution in [1.29, 1.82) is 0 Å². The number of nitrogens with two attached hydrogens (primary N) is 1. The maximum atomic E-state index is 5.70. The van der Waals surface area contributed by atoms with E-state index in [0.29, 0.717) is 0 Å². The van der Waals surface area contributed by atoms with Crippen LogP contribution >= 0.6 is 0 Å². The minimum atomic E-state index is 0.738. The summed E-state index contributed by atoms with van der Waals surface area (Å²) in [5, 5.41) is 6.14. The Morgan fingerprint density at radius 1 is 1.33 bits per heavy atom. The van der Waals surface area contributed by atoms with E-state index < -0.39 is 0 Å². The molecule has 1 aromatic heterocycles. The van der Waals surface area contributed by atoms with Gasteiger partial charge in [0.1, 0.15) is 0 Å². The summed E-state index contributed by atoms with van der Waals surface area (Å²) in [5.41, 5.74) is 8.17. The highest BCUT2D eigenvalue weighted by Crippen LogP contribution is 2.28. The molecule has 0 amide bonds. The lowest BCUT2D eigenvalue weighted by molar-refractivity contribution is 0.117.